The zero-order valence-corrected chi connectivity index (χ0v) is 14.9. The maximum Gasteiger partial charge on any atom is 0.264 e. The highest BCUT2D eigenvalue weighted by Crippen LogP contribution is 2.21. The monoisotopic (exact) mass is 369 g/mol. The third-order valence-electron chi connectivity index (χ3n) is 4.88. The second-order valence-electron chi connectivity index (χ2n) is 6.53. The molecule has 2 aromatic rings. The van der Waals surface area contributed by atoms with E-state index in [1.165, 1.54) is 11.3 Å². The average molecular weight is 369 g/mol. The molecule has 7 heteroatoms. The Balaban J connectivity index is 1.46. The van der Waals surface area contributed by atoms with Crippen LogP contribution in [0, 0.1) is 0 Å². The number of piperazine rings is 2. The summed E-state index contributed by atoms with van der Waals surface area (Å²) in [5, 5.41) is 4.70. The number of hydrogen-bond acceptors (Lipinski definition) is 4. The van der Waals surface area contributed by atoms with Crippen molar-refractivity contribution in [3.8, 4) is 0 Å². The predicted octanol–water partition coefficient (Wildman–Crippen LogP) is 1.14. The van der Waals surface area contributed by atoms with E-state index in [4.69, 9.17) is 0 Å². The molecule has 0 aliphatic carbocycles. The van der Waals surface area contributed by atoms with Gasteiger partial charge < -0.3 is 15.1 Å². The molecule has 4 rings (SSSR count). The van der Waals surface area contributed by atoms with Crippen molar-refractivity contribution >= 4 is 29.1 Å². The molecule has 3 amide bonds. The molecule has 3 heterocycles. The Hall–Kier alpha value is -2.67. The molecule has 2 aliphatic heterocycles. The molecule has 1 N–H and O–H groups in total. The molecule has 0 radical (unpaired) electrons. The lowest BCUT2D eigenvalue weighted by atomic mass is 9.98. The van der Waals surface area contributed by atoms with Crippen LogP contribution in [0.2, 0.25) is 0 Å². The van der Waals surface area contributed by atoms with Crippen LogP contribution in [0.15, 0.2) is 47.8 Å². The number of carbonyl (C=O) groups excluding carboxylic acids is 3. The van der Waals surface area contributed by atoms with Crippen LogP contribution in [0.5, 0.6) is 0 Å². The van der Waals surface area contributed by atoms with Gasteiger partial charge >= 0.3 is 0 Å². The number of amides is 3. The third kappa shape index (κ3) is 3.10. The molecular formula is C19H19N3O3S. The second kappa shape index (κ2) is 6.92. The number of fused-ring (bicyclic) bond motifs is 1. The van der Waals surface area contributed by atoms with Crippen LogP contribution in [0.25, 0.3) is 0 Å². The standard InChI is InChI=1S/C19H19N3O3S/c23-17-15-12-21(19(25)16-7-4-10-26-16)8-9-22(15)18(24)14(20-17)11-13-5-2-1-3-6-13/h1-7,10,14-15H,8-9,11-12H2,(H,20,23)/t14-,15+/m0/s1. The van der Waals surface area contributed by atoms with Gasteiger partial charge in [0.15, 0.2) is 0 Å². The maximum atomic E-state index is 12.8. The van der Waals surface area contributed by atoms with Gasteiger partial charge in [-0.15, -0.1) is 11.3 Å². The Bertz CT molecular complexity index is 822. The highest BCUT2D eigenvalue weighted by molar-refractivity contribution is 7.12. The van der Waals surface area contributed by atoms with Gasteiger partial charge in [-0.2, -0.15) is 0 Å². The largest absolute Gasteiger partial charge is 0.342 e. The van der Waals surface area contributed by atoms with E-state index in [1.807, 2.05) is 41.8 Å². The summed E-state index contributed by atoms with van der Waals surface area (Å²) in [5.41, 5.74) is 1.01. The summed E-state index contributed by atoms with van der Waals surface area (Å²) < 4.78 is 0. The zero-order chi connectivity index (χ0) is 18.1. The Kier molecular flexibility index (Phi) is 4.46. The lowest BCUT2D eigenvalue weighted by Gasteiger charge is -2.45. The molecule has 0 saturated carbocycles. The molecule has 2 aliphatic rings. The maximum absolute atomic E-state index is 12.8. The van der Waals surface area contributed by atoms with E-state index < -0.39 is 12.1 Å². The van der Waals surface area contributed by atoms with Crippen LogP contribution in [-0.4, -0.2) is 59.2 Å². The van der Waals surface area contributed by atoms with Gasteiger partial charge in [0.1, 0.15) is 12.1 Å². The minimum Gasteiger partial charge on any atom is -0.342 e. The number of nitrogens with zero attached hydrogens (tertiary/aromatic N) is 2. The van der Waals surface area contributed by atoms with Gasteiger partial charge in [-0.3, -0.25) is 14.4 Å². The number of hydrogen-bond donors (Lipinski definition) is 1. The minimum absolute atomic E-state index is 0.0679. The van der Waals surface area contributed by atoms with Gasteiger partial charge in [-0.05, 0) is 17.0 Å². The Morgan fingerprint density at radius 1 is 1.12 bits per heavy atom. The van der Waals surface area contributed by atoms with Crippen molar-refractivity contribution in [1.82, 2.24) is 15.1 Å². The molecule has 6 nitrogen and oxygen atoms in total. The molecule has 0 unspecified atom stereocenters. The van der Waals surface area contributed by atoms with Gasteiger partial charge in [-0.1, -0.05) is 36.4 Å². The summed E-state index contributed by atoms with van der Waals surface area (Å²) >= 11 is 1.38. The molecule has 1 aromatic heterocycles. The van der Waals surface area contributed by atoms with Crippen molar-refractivity contribution in [3.63, 3.8) is 0 Å². The first kappa shape index (κ1) is 16.8. The lowest BCUT2D eigenvalue weighted by Crippen LogP contribution is -2.70. The van der Waals surface area contributed by atoms with Crippen molar-refractivity contribution in [1.29, 1.82) is 0 Å². The normalized spacial score (nSPS) is 22.8. The molecule has 2 atom stereocenters. The van der Waals surface area contributed by atoms with Crippen molar-refractivity contribution in [2.45, 2.75) is 18.5 Å². The lowest BCUT2D eigenvalue weighted by molar-refractivity contribution is -0.152. The van der Waals surface area contributed by atoms with E-state index in [0.29, 0.717) is 24.4 Å². The van der Waals surface area contributed by atoms with E-state index in [-0.39, 0.29) is 24.3 Å². The first-order chi connectivity index (χ1) is 12.6. The number of carbonyl (C=O) groups is 3. The number of thiophene rings is 1. The summed E-state index contributed by atoms with van der Waals surface area (Å²) in [4.78, 5) is 41.9. The van der Waals surface area contributed by atoms with Crippen LogP contribution < -0.4 is 5.32 Å². The Labute approximate surface area is 155 Å². The SMILES string of the molecule is O=C1N[C@@H](Cc2ccccc2)C(=O)N2CCN(C(=O)c3cccs3)C[C@H]12. The fourth-order valence-electron chi connectivity index (χ4n) is 3.53. The summed E-state index contributed by atoms with van der Waals surface area (Å²) in [6.45, 7) is 1.08. The Morgan fingerprint density at radius 3 is 2.65 bits per heavy atom. The van der Waals surface area contributed by atoms with E-state index in [0.717, 1.165) is 5.56 Å². The third-order valence-corrected chi connectivity index (χ3v) is 5.74. The van der Waals surface area contributed by atoms with Crippen LogP contribution >= 0.6 is 11.3 Å². The fraction of sp³-hybridized carbons (Fsp3) is 0.316. The van der Waals surface area contributed by atoms with Gasteiger partial charge in [0.2, 0.25) is 11.8 Å². The molecule has 2 fully saturated rings. The van der Waals surface area contributed by atoms with Gasteiger partial charge in [0.25, 0.3) is 5.91 Å². The predicted molar refractivity (Wildman–Crippen MR) is 97.8 cm³/mol. The first-order valence-corrected chi connectivity index (χ1v) is 9.49. The summed E-state index contributed by atoms with van der Waals surface area (Å²) in [6.07, 6.45) is 0.479. The van der Waals surface area contributed by atoms with Crippen molar-refractivity contribution in [2.75, 3.05) is 19.6 Å². The van der Waals surface area contributed by atoms with Gasteiger partial charge in [0.05, 0.1) is 11.4 Å². The summed E-state index contributed by atoms with van der Waals surface area (Å²) in [7, 11) is 0. The van der Waals surface area contributed by atoms with Crippen molar-refractivity contribution in [3.05, 3.63) is 58.3 Å². The molecule has 0 bridgehead atoms. The van der Waals surface area contributed by atoms with Gasteiger partial charge in [-0.25, -0.2) is 0 Å². The van der Waals surface area contributed by atoms with Crippen LogP contribution in [0.4, 0.5) is 0 Å². The topological polar surface area (TPSA) is 69.7 Å². The van der Waals surface area contributed by atoms with E-state index in [1.54, 1.807) is 15.9 Å². The summed E-state index contributed by atoms with van der Waals surface area (Å²) in [5.74, 6) is -0.331. The molecule has 134 valence electrons. The molecule has 26 heavy (non-hydrogen) atoms. The fourth-order valence-corrected chi connectivity index (χ4v) is 4.22. The number of rotatable bonds is 3. The average Bonchev–Trinajstić information content (AvgIpc) is 3.20. The van der Waals surface area contributed by atoms with Crippen LogP contribution in [0.1, 0.15) is 15.2 Å². The van der Waals surface area contributed by atoms with E-state index in [2.05, 4.69) is 5.32 Å². The quantitative estimate of drug-likeness (QED) is 0.882. The number of benzene rings is 1. The molecule has 2 saturated heterocycles. The van der Waals surface area contributed by atoms with E-state index >= 15 is 0 Å². The molecular weight excluding hydrogens is 350 g/mol. The van der Waals surface area contributed by atoms with Crippen LogP contribution in [-0.2, 0) is 16.0 Å². The van der Waals surface area contributed by atoms with Gasteiger partial charge in [0, 0.05) is 19.5 Å². The number of nitrogens with one attached hydrogen (secondary N) is 1. The van der Waals surface area contributed by atoms with Crippen molar-refractivity contribution in [2.24, 2.45) is 0 Å². The highest BCUT2D eigenvalue weighted by Gasteiger charge is 2.44. The highest BCUT2D eigenvalue weighted by atomic mass is 32.1. The minimum atomic E-state index is -0.604. The molecule has 0 spiro atoms. The first-order valence-electron chi connectivity index (χ1n) is 8.61. The second-order valence-corrected chi connectivity index (χ2v) is 7.47. The zero-order valence-electron chi connectivity index (χ0n) is 14.1. The molecule has 1 aromatic carbocycles. The summed E-state index contributed by atoms with van der Waals surface area (Å²) in [6, 6.07) is 12.1. The van der Waals surface area contributed by atoms with Crippen LogP contribution in [0.3, 0.4) is 0 Å². The smallest absolute Gasteiger partial charge is 0.264 e. The van der Waals surface area contributed by atoms with E-state index in [9.17, 15) is 14.4 Å². The van der Waals surface area contributed by atoms with Crippen molar-refractivity contribution < 1.29 is 14.4 Å². The Morgan fingerprint density at radius 2 is 1.92 bits per heavy atom.